The highest BCUT2D eigenvalue weighted by Gasteiger charge is 2.23. The number of anilines is 2. The Bertz CT molecular complexity index is 1920. The van der Waals surface area contributed by atoms with Gasteiger partial charge in [-0.25, -0.2) is 0 Å². The van der Waals surface area contributed by atoms with E-state index in [0.29, 0.717) is 17.2 Å². The van der Waals surface area contributed by atoms with Crippen molar-refractivity contribution in [2.45, 2.75) is 43.8 Å². The monoisotopic (exact) mass is 653 g/mol. The second-order valence-electron chi connectivity index (χ2n) is 11.9. The van der Waals surface area contributed by atoms with Crippen LogP contribution in [0.15, 0.2) is 138 Å². The van der Waals surface area contributed by atoms with E-state index in [9.17, 15) is 14.4 Å². The Morgan fingerprint density at radius 2 is 1.38 bits per heavy atom. The Balaban J connectivity index is 1.39. The van der Waals surface area contributed by atoms with Gasteiger partial charge in [0.1, 0.15) is 10.9 Å². The molecule has 0 saturated carbocycles. The molecule has 6 nitrogen and oxygen atoms in total. The molecule has 0 heterocycles. The lowest BCUT2D eigenvalue weighted by Gasteiger charge is -2.19. The zero-order chi connectivity index (χ0) is 34.0. The van der Waals surface area contributed by atoms with Crippen LogP contribution in [0.4, 0.5) is 11.4 Å². The van der Waals surface area contributed by atoms with Gasteiger partial charge in [-0.15, -0.1) is 11.8 Å². The van der Waals surface area contributed by atoms with Gasteiger partial charge in [0.25, 0.3) is 11.8 Å². The molecule has 0 bridgehead atoms. The maximum Gasteiger partial charge on any atom is 0.272 e. The third kappa shape index (κ3) is 9.11. The van der Waals surface area contributed by atoms with Crippen LogP contribution >= 0.6 is 11.8 Å². The van der Waals surface area contributed by atoms with Crippen LogP contribution in [0.25, 0.3) is 6.08 Å². The van der Waals surface area contributed by atoms with Gasteiger partial charge in [-0.1, -0.05) is 105 Å². The second-order valence-corrected chi connectivity index (χ2v) is 13.1. The third-order valence-electron chi connectivity index (χ3n) is 7.78. The van der Waals surface area contributed by atoms with Gasteiger partial charge in [0.05, 0.1) is 0 Å². The van der Waals surface area contributed by atoms with Crippen LogP contribution in [-0.4, -0.2) is 17.7 Å². The fourth-order valence-electron chi connectivity index (χ4n) is 5.04. The van der Waals surface area contributed by atoms with Crippen molar-refractivity contribution in [2.75, 3.05) is 10.6 Å². The molecule has 3 amide bonds. The van der Waals surface area contributed by atoms with Crippen LogP contribution < -0.4 is 16.0 Å². The molecule has 0 aliphatic carbocycles. The van der Waals surface area contributed by atoms with E-state index in [0.717, 1.165) is 32.8 Å². The summed E-state index contributed by atoms with van der Waals surface area (Å²) in [5, 5.41) is 8.32. The van der Waals surface area contributed by atoms with E-state index >= 15 is 0 Å². The second kappa shape index (κ2) is 15.9. The standard InChI is InChI=1S/C41H39N3O3S/c1-27(2)31-22-20-30(21-23-31)25-37(44-39(45)33-14-9-6-10-15-33)40(46)42-34-16-11-17-35(26-34)48-38(32-12-7-5-8-13-32)41(47)43-36-24-28(3)18-19-29(36)4/h5-27,38H,1-4H3,(H,42,46)(H,43,47)(H,44,45)/b37-25+. The molecule has 7 heteroatoms. The lowest BCUT2D eigenvalue weighted by Crippen LogP contribution is -2.30. The molecule has 0 radical (unpaired) electrons. The number of rotatable bonds is 11. The number of carbonyl (C=O) groups is 3. The third-order valence-corrected chi connectivity index (χ3v) is 9.03. The molecule has 1 atom stereocenters. The van der Waals surface area contributed by atoms with Crippen LogP contribution in [0.1, 0.15) is 63.2 Å². The van der Waals surface area contributed by atoms with Gasteiger partial charge in [-0.05, 0) is 90.1 Å². The largest absolute Gasteiger partial charge is 0.325 e. The summed E-state index contributed by atoms with van der Waals surface area (Å²) in [6.45, 7) is 8.21. The number of hydrogen-bond donors (Lipinski definition) is 3. The molecular formula is C41H39N3O3S. The van der Waals surface area contributed by atoms with E-state index in [1.807, 2.05) is 111 Å². The minimum Gasteiger partial charge on any atom is -0.325 e. The highest BCUT2D eigenvalue weighted by atomic mass is 32.2. The fraction of sp³-hybridized carbons (Fsp3) is 0.146. The minimum atomic E-state index is -0.550. The molecule has 5 rings (SSSR count). The Kier molecular flexibility index (Phi) is 11.3. The number of carbonyl (C=O) groups excluding carboxylic acids is 3. The van der Waals surface area contributed by atoms with Gasteiger partial charge in [0, 0.05) is 21.8 Å². The average molecular weight is 654 g/mol. The number of aryl methyl sites for hydroxylation is 2. The van der Waals surface area contributed by atoms with Crippen molar-refractivity contribution < 1.29 is 14.4 Å². The Labute approximate surface area is 286 Å². The van der Waals surface area contributed by atoms with Gasteiger partial charge in [0.2, 0.25) is 5.91 Å². The van der Waals surface area contributed by atoms with E-state index in [4.69, 9.17) is 0 Å². The average Bonchev–Trinajstić information content (AvgIpc) is 3.09. The highest BCUT2D eigenvalue weighted by molar-refractivity contribution is 8.00. The lowest BCUT2D eigenvalue weighted by atomic mass is 10.0. The van der Waals surface area contributed by atoms with Crippen molar-refractivity contribution in [3.63, 3.8) is 0 Å². The summed E-state index contributed by atoms with van der Waals surface area (Å²) in [6, 6.07) is 39.6. The van der Waals surface area contributed by atoms with Gasteiger partial charge in [-0.3, -0.25) is 14.4 Å². The van der Waals surface area contributed by atoms with Crippen LogP contribution in [0.5, 0.6) is 0 Å². The zero-order valence-corrected chi connectivity index (χ0v) is 28.3. The summed E-state index contributed by atoms with van der Waals surface area (Å²) in [6.07, 6.45) is 1.67. The first-order valence-electron chi connectivity index (χ1n) is 15.9. The smallest absolute Gasteiger partial charge is 0.272 e. The van der Waals surface area contributed by atoms with Gasteiger partial charge < -0.3 is 16.0 Å². The maximum atomic E-state index is 13.7. The predicted octanol–water partition coefficient (Wildman–Crippen LogP) is 9.31. The summed E-state index contributed by atoms with van der Waals surface area (Å²) in [5.74, 6) is -0.637. The Morgan fingerprint density at radius 1 is 0.688 bits per heavy atom. The molecule has 0 saturated heterocycles. The van der Waals surface area contributed by atoms with E-state index in [-0.39, 0.29) is 17.5 Å². The first-order valence-corrected chi connectivity index (χ1v) is 16.7. The molecule has 48 heavy (non-hydrogen) atoms. The maximum absolute atomic E-state index is 13.7. The summed E-state index contributed by atoms with van der Waals surface area (Å²) >= 11 is 1.40. The molecule has 0 aliphatic heterocycles. The highest BCUT2D eigenvalue weighted by Crippen LogP contribution is 2.37. The number of benzene rings is 5. The van der Waals surface area contributed by atoms with Gasteiger partial charge in [0.15, 0.2) is 0 Å². The summed E-state index contributed by atoms with van der Waals surface area (Å²) in [4.78, 5) is 41.4. The van der Waals surface area contributed by atoms with E-state index in [1.54, 1.807) is 36.4 Å². The van der Waals surface area contributed by atoms with Crippen LogP contribution in [0, 0.1) is 13.8 Å². The number of thioether (sulfide) groups is 1. The molecule has 0 aromatic heterocycles. The first-order chi connectivity index (χ1) is 23.2. The normalized spacial score (nSPS) is 11.9. The number of nitrogens with one attached hydrogen (secondary N) is 3. The number of hydrogen-bond acceptors (Lipinski definition) is 4. The Morgan fingerprint density at radius 3 is 2.06 bits per heavy atom. The number of amides is 3. The van der Waals surface area contributed by atoms with Crippen molar-refractivity contribution in [1.82, 2.24) is 5.32 Å². The minimum absolute atomic E-state index is 0.106. The molecular weight excluding hydrogens is 615 g/mol. The first kappa shape index (κ1) is 33.9. The molecule has 0 spiro atoms. The van der Waals surface area contributed by atoms with Crippen LogP contribution in [-0.2, 0) is 9.59 Å². The van der Waals surface area contributed by atoms with E-state index in [1.165, 1.54) is 17.3 Å². The van der Waals surface area contributed by atoms with Crippen molar-refractivity contribution >= 4 is 46.9 Å². The SMILES string of the molecule is Cc1ccc(C)c(NC(=O)C(Sc2cccc(NC(=O)/C(=C\c3ccc(C(C)C)cc3)NC(=O)c3ccccc3)c2)c2ccccc2)c1. The zero-order valence-electron chi connectivity index (χ0n) is 27.5. The molecule has 242 valence electrons. The van der Waals surface area contributed by atoms with Crippen LogP contribution in [0.2, 0.25) is 0 Å². The summed E-state index contributed by atoms with van der Waals surface area (Å²) in [5.41, 5.74) is 6.71. The van der Waals surface area contributed by atoms with Gasteiger partial charge >= 0.3 is 0 Å². The van der Waals surface area contributed by atoms with Crippen molar-refractivity contribution in [3.8, 4) is 0 Å². The molecule has 0 aliphatic rings. The van der Waals surface area contributed by atoms with Crippen molar-refractivity contribution in [3.05, 3.63) is 166 Å². The van der Waals surface area contributed by atoms with Gasteiger partial charge in [-0.2, -0.15) is 0 Å². The lowest BCUT2D eigenvalue weighted by molar-refractivity contribution is -0.116. The molecule has 0 fully saturated rings. The molecule has 5 aromatic rings. The summed E-state index contributed by atoms with van der Waals surface area (Å²) < 4.78 is 0. The topological polar surface area (TPSA) is 87.3 Å². The van der Waals surface area contributed by atoms with E-state index < -0.39 is 11.2 Å². The van der Waals surface area contributed by atoms with Crippen molar-refractivity contribution in [1.29, 1.82) is 0 Å². The van der Waals surface area contributed by atoms with Crippen LogP contribution in [0.3, 0.4) is 0 Å². The fourth-order valence-corrected chi connectivity index (χ4v) is 6.12. The van der Waals surface area contributed by atoms with Crippen molar-refractivity contribution in [2.24, 2.45) is 0 Å². The quantitative estimate of drug-likeness (QED) is 0.0980. The predicted molar refractivity (Wildman–Crippen MR) is 197 cm³/mol. The summed E-state index contributed by atoms with van der Waals surface area (Å²) in [7, 11) is 0. The van der Waals surface area contributed by atoms with E-state index in [2.05, 4.69) is 29.8 Å². The Hall–Kier alpha value is -5.40. The molecule has 3 N–H and O–H groups in total. The molecule has 5 aromatic carbocycles. The molecule has 1 unspecified atom stereocenters.